The molecule has 1 aromatic rings. The Morgan fingerprint density at radius 1 is 1.36 bits per heavy atom. The number of aromatic nitrogens is 1. The van der Waals surface area contributed by atoms with Gasteiger partial charge in [-0.3, -0.25) is 0 Å². The zero-order valence-electron chi connectivity index (χ0n) is 6.20. The van der Waals surface area contributed by atoms with Gasteiger partial charge in [0.25, 0.3) is 0 Å². The molecule has 0 bridgehead atoms. The Labute approximate surface area is 98.7 Å². The predicted octanol–water partition coefficient (Wildman–Crippen LogP) is 4.16. The van der Waals surface area contributed by atoms with Crippen LogP contribution in [0.2, 0.25) is 5.02 Å². The van der Waals surface area contributed by atoms with Gasteiger partial charge in [-0.1, -0.05) is 11.6 Å². The Balaban J connectivity index is 3.09. The van der Waals surface area contributed by atoms with Crippen LogP contribution in [0.15, 0.2) is 15.1 Å². The summed E-state index contributed by atoms with van der Waals surface area (Å²) in [5, 5.41) is -0.231. The van der Waals surface area contributed by atoms with Gasteiger partial charge in [0.1, 0.15) is 9.63 Å². The quantitative estimate of drug-likeness (QED) is 0.706. The van der Waals surface area contributed by atoms with Crippen LogP contribution in [0.4, 0.5) is 13.2 Å². The fraction of sp³-hybridized carbons (Fsp3) is 0.167. The fourth-order valence-corrected chi connectivity index (χ4v) is 1.84. The molecule has 0 aromatic carbocycles. The molecule has 0 saturated heterocycles. The Morgan fingerprint density at radius 3 is 2.43 bits per heavy atom. The predicted molar refractivity (Wildman–Crippen MR) is 51.3 cm³/mol. The number of hydrogen-bond donors (Lipinski definition) is 0. The van der Waals surface area contributed by atoms with E-state index in [0.717, 1.165) is 0 Å². The first-order valence-corrected chi connectivity index (χ1v) is 5.03. The molecule has 8 heteroatoms. The summed E-state index contributed by atoms with van der Waals surface area (Å²) in [6, 6.07) is 1.41. The van der Waals surface area contributed by atoms with E-state index in [0.29, 0.717) is 0 Å². The normalized spacial score (nSPS) is 11.6. The summed E-state index contributed by atoms with van der Waals surface area (Å²) in [5.41, 5.74) is 0. The van der Waals surface area contributed by atoms with Gasteiger partial charge in [0, 0.05) is 4.47 Å². The first kappa shape index (κ1) is 12.1. The zero-order valence-corrected chi connectivity index (χ0v) is 10.1. The van der Waals surface area contributed by atoms with Crippen molar-refractivity contribution in [1.82, 2.24) is 4.98 Å². The lowest BCUT2D eigenvalue weighted by atomic mass is 10.5. The number of alkyl halides is 3. The third-order valence-electron chi connectivity index (χ3n) is 1.06. The van der Waals surface area contributed by atoms with Crippen molar-refractivity contribution in [2.24, 2.45) is 0 Å². The van der Waals surface area contributed by atoms with E-state index in [1.807, 2.05) is 0 Å². The van der Waals surface area contributed by atoms with Crippen LogP contribution >= 0.6 is 43.5 Å². The summed E-state index contributed by atoms with van der Waals surface area (Å²) in [6.45, 7) is 0. The van der Waals surface area contributed by atoms with Crippen LogP contribution in [-0.4, -0.2) is 11.3 Å². The summed E-state index contributed by atoms with van der Waals surface area (Å²) in [7, 11) is 0. The molecule has 2 nitrogen and oxygen atoms in total. The van der Waals surface area contributed by atoms with Gasteiger partial charge in [-0.2, -0.15) is 0 Å². The van der Waals surface area contributed by atoms with Crippen molar-refractivity contribution in [2.75, 3.05) is 0 Å². The molecule has 1 rings (SSSR count). The van der Waals surface area contributed by atoms with Crippen LogP contribution in [0.3, 0.4) is 0 Å². The number of pyridine rings is 1. The minimum absolute atomic E-state index is 0.188. The molecule has 0 atom stereocenters. The summed E-state index contributed by atoms with van der Waals surface area (Å²) >= 11 is 11.4. The van der Waals surface area contributed by atoms with E-state index in [1.54, 1.807) is 0 Å². The molecule has 0 amide bonds. The highest BCUT2D eigenvalue weighted by Gasteiger charge is 2.33. The molecule has 0 spiro atoms. The van der Waals surface area contributed by atoms with E-state index >= 15 is 0 Å². The van der Waals surface area contributed by atoms with Crippen LogP contribution in [0.1, 0.15) is 0 Å². The minimum atomic E-state index is -4.81. The summed E-state index contributed by atoms with van der Waals surface area (Å²) in [5.74, 6) is -0.694. The number of halogens is 6. The van der Waals surface area contributed by atoms with Gasteiger partial charge in [0.15, 0.2) is 0 Å². The third-order valence-corrected chi connectivity index (χ3v) is 2.69. The molecular formula is C6HBr2ClF3NO. The maximum absolute atomic E-state index is 11.8. The number of hydrogen-bond acceptors (Lipinski definition) is 2. The van der Waals surface area contributed by atoms with Crippen molar-refractivity contribution >= 4 is 43.5 Å². The van der Waals surface area contributed by atoms with Gasteiger partial charge in [-0.25, -0.2) is 4.98 Å². The Morgan fingerprint density at radius 2 is 1.93 bits per heavy atom. The van der Waals surface area contributed by atoms with E-state index in [9.17, 15) is 13.2 Å². The van der Waals surface area contributed by atoms with Crippen LogP contribution in [-0.2, 0) is 0 Å². The fourth-order valence-electron chi connectivity index (χ4n) is 0.626. The van der Waals surface area contributed by atoms with Crippen LogP contribution in [0.5, 0.6) is 5.88 Å². The van der Waals surface area contributed by atoms with Crippen LogP contribution < -0.4 is 4.74 Å². The van der Waals surface area contributed by atoms with E-state index in [4.69, 9.17) is 11.6 Å². The standard InChI is InChI=1S/C6HBr2ClF3NO/c7-2-1-3(8)13-5(4(2)9)14-6(10,11)12/h1H. The van der Waals surface area contributed by atoms with Crippen molar-refractivity contribution in [1.29, 1.82) is 0 Å². The van der Waals surface area contributed by atoms with Gasteiger partial charge in [0.2, 0.25) is 5.88 Å². The van der Waals surface area contributed by atoms with E-state index < -0.39 is 12.2 Å². The molecule has 14 heavy (non-hydrogen) atoms. The second-order valence-corrected chi connectivity index (χ2v) is 4.14. The van der Waals surface area contributed by atoms with Crippen LogP contribution in [0, 0.1) is 0 Å². The molecule has 1 heterocycles. The SMILES string of the molecule is FC(F)(F)Oc1nc(Br)cc(Br)c1Cl. The van der Waals surface area contributed by atoms with Crippen molar-refractivity contribution < 1.29 is 17.9 Å². The van der Waals surface area contributed by atoms with Gasteiger partial charge in [0.05, 0.1) is 0 Å². The van der Waals surface area contributed by atoms with Gasteiger partial charge in [-0.15, -0.1) is 13.2 Å². The lowest BCUT2D eigenvalue weighted by Crippen LogP contribution is -2.18. The number of rotatable bonds is 1. The van der Waals surface area contributed by atoms with Gasteiger partial charge >= 0.3 is 6.36 Å². The molecule has 78 valence electrons. The number of ether oxygens (including phenoxy) is 1. The molecule has 0 aliphatic heterocycles. The maximum Gasteiger partial charge on any atom is 0.574 e. The molecule has 0 fully saturated rings. The monoisotopic (exact) mass is 353 g/mol. The number of nitrogens with zero attached hydrogens (tertiary/aromatic N) is 1. The summed E-state index contributed by atoms with van der Waals surface area (Å²) in [4.78, 5) is 3.43. The molecule has 0 unspecified atom stereocenters. The lowest BCUT2D eigenvalue weighted by molar-refractivity contribution is -0.276. The zero-order chi connectivity index (χ0) is 10.9. The van der Waals surface area contributed by atoms with E-state index in [2.05, 4.69) is 41.6 Å². The lowest BCUT2D eigenvalue weighted by Gasteiger charge is -2.10. The molecule has 0 aliphatic rings. The largest absolute Gasteiger partial charge is 0.574 e. The van der Waals surface area contributed by atoms with Gasteiger partial charge < -0.3 is 4.74 Å². The van der Waals surface area contributed by atoms with E-state index in [1.165, 1.54) is 6.07 Å². The average Bonchev–Trinajstić information content (AvgIpc) is 1.96. The highest BCUT2D eigenvalue weighted by molar-refractivity contribution is 9.11. The Kier molecular flexibility index (Phi) is 3.65. The highest BCUT2D eigenvalue weighted by Crippen LogP contribution is 2.35. The summed E-state index contributed by atoms with van der Waals surface area (Å²) < 4.78 is 39.5. The Hall–Kier alpha value is -0.0100. The first-order chi connectivity index (χ1) is 6.29. The van der Waals surface area contributed by atoms with E-state index in [-0.39, 0.29) is 14.1 Å². The molecule has 0 N–H and O–H groups in total. The second-order valence-electron chi connectivity index (χ2n) is 2.09. The second kappa shape index (κ2) is 4.24. The van der Waals surface area contributed by atoms with Crippen molar-refractivity contribution in [3.63, 3.8) is 0 Å². The third kappa shape index (κ3) is 3.29. The van der Waals surface area contributed by atoms with Crippen molar-refractivity contribution in [2.45, 2.75) is 6.36 Å². The van der Waals surface area contributed by atoms with Gasteiger partial charge in [-0.05, 0) is 37.9 Å². The van der Waals surface area contributed by atoms with Crippen molar-refractivity contribution in [3.8, 4) is 5.88 Å². The molecule has 0 saturated carbocycles. The smallest absolute Gasteiger partial charge is 0.386 e. The molecule has 0 aliphatic carbocycles. The minimum Gasteiger partial charge on any atom is -0.386 e. The first-order valence-electron chi connectivity index (χ1n) is 3.07. The molecular weight excluding hydrogens is 354 g/mol. The maximum atomic E-state index is 11.8. The Bertz CT molecular complexity index is 358. The molecule has 1 aromatic heterocycles. The average molecular weight is 355 g/mol. The summed E-state index contributed by atoms with van der Waals surface area (Å²) in [6.07, 6.45) is -4.81. The topological polar surface area (TPSA) is 22.1 Å². The van der Waals surface area contributed by atoms with Crippen LogP contribution in [0.25, 0.3) is 0 Å². The van der Waals surface area contributed by atoms with Crippen molar-refractivity contribution in [3.05, 3.63) is 20.2 Å². The highest BCUT2D eigenvalue weighted by atomic mass is 79.9. The molecule has 0 radical (unpaired) electrons.